The van der Waals surface area contributed by atoms with Gasteiger partial charge in [0.1, 0.15) is 5.75 Å². The number of halogens is 2. The number of methoxy groups -OCH3 is 1. The lowest BCUT2D eigenvalue weighted by Gasteiger charge is -2.45. The van der Waals surface area contributed by atoms with Gasteiger partial charge < -0.3 is 14.7 Å². The Labute approximate surface area is 146 Å². The van der Waals surface area contributed by atoms with Gasteiger partial charge in [-0.1, -0.05) is 12.1 Å². The molecule has 1 atom stereocenters. The van der Waals surface area contributed by atoms with Crippen LogP contribution >= 0.6 is 0 Å². The maximum absolute atomic E-state index is 13.5. The van der Waals surface area contributed by atoms with Crippen molar-refractivity contribution in [3.63, 3.8) is 0 Å². The zero-order chi connectivity index (χ0) is 18.0. The second-order valence-electron chi connectivity index (χ2n) is 6.87. The van der Waals surface area contributed by atoms with E-state index in [4.69, 9.17) is 4.74 Å². The van der Waals surface area contributed by atoms with Gasteiger partial charge in [-0.25, -0.2) is 8.78 Å². The maximum Gasteiger partial charge on any atom is 0.262 e. The number of aliphatic hydroxyl groups is 1. The minimum absolute atomic E-state index is 0.0403. The van der Waals surface area contributed by atoms with E-state index in [2.05, 4.69) is 0 Å². The van der Waals surface area contributed by atoms with Crippen molar-refractivity contribution in [3.8, 4) is 5.75 Å². The summed E-state index contributed by atoms with van der Waals surface area (Å²) >= 11 is 0. The van der Waals surface area contributed by atoms with E-state index in [1.807, 2.05) is 24.3 Å². The van der Waals surface area contributed by atoms with Crippen LogP contribution in [0, 0.1) is 0 Å². The van der Waals surface area contributed by atoms with Gasteiger partial charge >= 0.3 is 0 Å². The molecule has 2 saturated heterocycles. The lowest BCUT2D eigenvalue weighted by molar-refractivity contribution is -0.139. The van der Waals surface area contributed by atoms with Crippen molar-refractivity contribution in [1.82, 2.24) is 9.80 Å². The molecule has 1 N–H and O–H groups in total. The smallest absolute Gasteiger partial charge is 0.262 e. The van der Waals surface area contributed by atoms with Crippen LogP contribution in [0.2, 0.25) is 0 Å². The molecule has 2 heterocycles. The molecule has 0 aliphatic carbocycles. The van der Waals surface area contributed by atoms with Crippen LogP contribution in [0.5, 0.6) is 5.75 Å². The van der Waals surface area contributed by atoms with Crippen molar-refractivity contribution in [2.75, 3.05) is 33.4 Å². The van der Waals surface area contributed by atoms with Crippen LogP contribution in [0.25, 0.3) is 0 Å². The number of aliphatic hydroxyl groups excluding tert-OH is 1. The Kier molecular flexibility index (Phi) is 5.24. The van der Waals surface area contributed by atoms with Gasteiger partial charge in [0.05, 0.1) is 20.3 Å². The number of benzene rings is 1. The van der Waals surface area contributed by atoms with E-state index in [9.17, 15) is 18.7 Å². The molecule has 25 heavy (non-hydrogen) atoms. The predicted molar refractivity (Wildman–Crippen MR) is 88.8 cm³/mol. The third kappa shape index (κ3) is 4.10. The van der Waals surface area contributed by atoms with E-state index in [-0.39, 0.29) is 31.5 Å². The average Bonchev–Trinajstić information content (AvgIpc) is 2.86. The molecule has 3 rings (SSSR count). The predicted octanol–water partition coefficient (Wildman–Crippen LogP) is 1.54. The van der Waals surface area contributed by atoms with Gasteiger partial charge in [0, 0.05) is 38.0 Å². The molecule has 7 heteroatoms. The fourth-order valence-electron chi connectivity index (χ4n) is 3.59. The maximum atomic E-state index is 13.5. The first kappa shape index (κ1) is 18.1. The number of ether oxygens (including phenoxy) is 1. The number of rotatable bonds is 6. The molecule has 0 aromatic heterocycles. The quantitative estimate of drug-likeness (QED) is 0.842. The van der Waals surface area contributed by atoms with Gasteiger partial charge in [-0.05, 0) is 24.1 Å². The van der Waals surface area contributed by atoms with Crippen molar-refractivity contribution >= 4 is 5.91 Å². The molecular weight excluding hydrogens is 330 g/mol. The minimum Gasteiger partial charge on any atom is -0.497 e. The van der Waals surface area contributed by atoms with Gasteiger partial charge in [-0.15, -0.1) is 0 Å². The van der Waals surface area contributed by atoms with Crippen LogP contribution in [-0.4, -0.2) is 72.2 Å². The Morgan fingerprint density at radius 3 is 2.60 bits per heavy atom. The SMILES string of the molecule is COc1ccc(CCC(=O)N2CC(N3CC(F)(F)C[C@H]3CO)C2)cc1. The van der Waals surface area contributed by atoms with E-state index in [1.165, 1.54) is 0 Å². The first-order chi connectivity index (χ1) is 11.9. The van der Waals surface area contributed by atoms with Crippen LogP contribution in [0.1, 0.15) is 18.4 Å². The summed E-state index contributed by atoms with van der Waals surface area (Å²) < 4.78 is 32.2. The molecule has 5 nitrogen and oxygen atoms in total. The van der Waals surface area contributed by atoms with Crippen molar-refractivity contribution in [2.45, 2.75) is 37.3 Å². The van der Waals surface area contributed by atoms with Crippen LogP contribution in [0.15, 0.2) is 24.3 Å². The lowest BCUT2D eigenvalue weighted by Crippen LogP contribution is -2.62. The molecule has 2 fully saturated rings. The summed E-state index contributed by atoms with van der Waals surface area (Å²) in [5.74, 6) is -1.92. The van der Waals surface area contributed by atoms with Crippen molar-refractivity contribution < 1.29 is 23.4 Å². The van der Waals surface area contributed by atoms with Crippen LogP contribution in [0.4, 0.5) is 8.78 Å². The summed E-state index contributed by atoms with van der Waals surface area (Å²) in [6, 6.07) is 7.02. The van der Waals surface area contributed by atoms with Crippen LogP contribution < -0.4 is 4.74 Å². The zero-order valence-electron chi connectivity index (χ0n) is 14.3. The molecule has 2 aliphatic heterocycles. The van der Waals surface area contributed by atoms with E-state index in [0.29, 0.717) is 25.9 Å². The van der Waals surface area contributed by atoms with E-state index >= 15 is 0 Å². The fraction of sp³-hybridized carbons (Fsp3) is 0.611. The topological polar surface area (TPSA) is 53.0 Å². The molecule has 0 bridgehead atoms. The average molecular weight is 354 g/mol. The van der Waals surface area contributed by atoms with E-state index in [1.54, 1.807) is 16.9 Å². The molecule has 1 aromatic carbocycles. The number of hydrogen-bond donors (Lipinski definition) is 1. The zero-order valence-corrected chi connectivity index (χ0v) is 14.3. The van der Waals surface area contributed by atoms with E-state index in [0.717, 1.165) is 11.3 Å². The van der Waals surface area contributed by atoms with Crippen molar-refractivity contribution in [1.29, 1.82) is 0 Å². The van der Waals surface area contributed by atoms with Crippen molar-refractivity contribution in [2.24, 2.45) is 0 Å². The summed E-state index contributed by atoms with van der Waals surface area (Å²) in [7, 11) is 1.61. The van der Waals surface area contributed by atoms with Gasteiger partial charge in [-0.3, -0.25) is 9.69 Å². The van der Waals surface area contributed by atoms with Gasteiger partial charge in [0.25, 0.3) is 5.92 Å². The monoisotopic (exact) mass is 354 g/mol. The highest BCUT2D eigenvalue weighted by atomic mass is 19.3. The molecule has 0 saturated carbocycles. The van der Waals surface area contributed by atoms with Gasteiger partial charge in [-0.2, -0.15) is 0 Å². The van der Waals surface area contributed by atoms with Gasteiger partial charge in [0.2, 0.25) is 5.91 Å². The molecule has 0 radical (unpaired) electrons. The largest absolute Gasteiger partial charge is 0.497 e. The standard InChI is InChI=1S/C18H24F2N2O3/c1-25-16-5-2-13(3-6-16)4-7-17(24)21-9-15(10-21)22-12-18(19,20)8-14(22)11-23/h2-3,5-6,14-15,23H,4,7-12H2,1H3/t14-/m0/s1. The molecule has 1 aromatic rings. The molecular formula is C18H24F2N2O3. The molecule has 0 unspecified atom stereocenters. The highest BCUT2D eigenvalue weighted by molar-refractivity contribution is 5.77. The number of alkyl halides is 2. The number of nitrogens with zero attached hydrogens (tertiary/aromatic N) is 2. The summed E-state index contributed by atoms with van der Waals surface area (Å²) in [6.45, 7) is 0.344. The second-order valence-corrected chi connectivity index (χ2v) is 6.87. The van der Waals surface area contributed by atoms with Crippen LogP contribution in [0.3, 0.4) is 0 Å². The highest BCUT2D eigenvalue weighted by Crippen LogP contribution is 2.35. The molecule has 138 valence electrons. The number of hydrogen-bond acceptors (Lipinski definition) is 4. The first-order valence-electron chi connectivity index (χ1n) is 8.57. The molecule has 0 spiro atoms. The summed E-state index contributed by atoms with van der Waals surface area (Å²) in [5, 5.41) is 9.30. The summed E-state index contributed by atoms with van der Waals surface area (Å²) in [4.78, 5) is 15.6. The number of carbonyl (C=O) groups is 1. The number of aryl methyl sites for hydroxylation is 1. The normalized spacial score (nSPS) is 23.5. The number of amides is 1. The van der Waals surface area contributed by atoms with Gasteiger partial charge in [0.15, 0.2) is 0 Å². The second kappa shape index (κ2) is 7.25. The Hall–Kier alpha value is -1.73. The van der Waals surface area contributed by atoms with Crippen molar-refractivity contribution in [3.05, 3.63) is 29.8 Å². The summed E-state index contributed by atoms with van der Waals surface area (Å²) in [6.07, 6.45) is 0.745. The lowest BCUT2D eigenvalue weighted by atomic mass is 10.0. The highest BCUT2D eigenvalue weighted by Gasteiger charge is 2.49. The molecule has 2 aliphatic rings. The Morgan fingerprint density at radius 1 is 1.32 bits per heavy atom. The molecule has 1 amide bonds. The Bertz CT molecular complexity index is 603. The third-order valence-corrected chi connectivity index (χ3v) is 5.10. The number of likely N-dealkylation sites (tertiary alicyclic amines) is 2. The number of carbonyl (C=O) groups excluding carboxylic acids is 1. The first-order valence-corrected chi connectivity index (χ1v) is 8.57. The minimum atomic E-state index is -2.74. The third-order valence-electron chi connectivity index (χ3n) is 5.10. The Balaban J connectivity index is 1.45. The van der Waals surface area contributed by atoms with E-state index < -0.39 is 12.0 Å². The fourth-order valence-corrected chi connectivity index (χ4v) is 3.59. The van der Waals surface area contributed by atoms with Crippen LogP contribution in [-0.2, 0) is 11.2 Å². The Morgan fingerprint density at radius 2 is 2.00 bits per heavy atom. The summed E-state index contributed by atoms with van der Waals surface area (Å²) in [5.41, 5.74) is 1.06.